The summed E-state index contributed by atoms with van der Waals surface area (Å²) in [5, 5.41) is 4.31. The lowest BCUT2D eigenvalue weighted by molar-refractivity contribution is 0.279. The summed E-state index contributed by atoms with van der Waals surface area (Å²) in [6.45, 7) is 0. The predicted octanol–water partition coefficient (Wildman–Crippen LogP) is 1.12. The fraction of sp³-hybridized carbons (Fsp3) is 0.875. The summed E-state index contributed by atoms with van der Waals surface area (Å²) in [7, 11) is 2.10. The summed E-state index contributed by atoms with van der Waals surface area (Å²) in [5.74, 6) is 0. The Kier molecular flexibility index (Phi) is 1.75. The molecule has 1 N–H and O–H groups in total. The first kappa shape index (κ1) is 7.35. The molecule has 62 valence electrons. The predicted molar refractivity (Wildman–Crippen MR) is 49.5 cm³/mol. The fourth-order valence-corrected chi connectivity index (χ4v) is 2.44. The van der Waals surface area contributed by atoms with Gasteiger partial charge in [-0.2, -0.15) is 0 Å². The SMILES string of the molecule is CN1C(=S)NC2CCCCC21. The zero-order chi connectivity index (χ0) is 7.84. The monoisotopic (exact) mass is 170 g/mol. The summed E-state index contributed by atoms with van der Waals surface area (Å²) < 4.78 is 0. The minimum absolute atomic E-state index is 0.654. The maximum absolute atomic E-state index is 5.17. The second-order valence-electron chi connectivity index (χ2n) is 3.52. The third-order valence-corrected chi connectivity index (χ3v) is 3.26. The summed E-state index contributed by atoms with van der Waals surface area (Å²) >= 11 is 5.17. The van der Waals surface area contributed by atoms with Crippen molar-refractivity contribution in [1.29, 1.82) is 0 Å². The molecule has 0 amide bonds. The standard InChI is InChI=1S/C8H14N2S/c1-10-7-5-3-2-4-6(7)9-8(10)11/h6-7H,2-5H2,1H3,(H,9,11). The van der Waals surface area contributed by atoms with E-state index in [-0.39, 0.29) is 0 Å². The largest absolute Gasteiger partial charge is 0.358 e. The van der Waals surface area contributed by atoms with E-state index in [9.17, 15) is 0 Å². The third-order valence-electron chi connectivity index (χ3n) is 2.86. The lowest BCUT2D eigenvalue weighted by Crippen LogP contribution is -2.36. The van der Waals surface area contributed by atoms with Crippen LogP contribution < -0.4 is 5.32 Å². The topological polar surface area (TPSA) is 15.3 Å². The van der Waals surface area contributed by atoms with Crippen molar-refractivity contribution in [3.63, 3.8) is 0 Å². The van der Waals surface area contributed by atoms with Crippen molar-refractivity contribution in [2.24, 2.45) is 0 Å². The van der Waals surface area contributed by atoms with E-state index in [1.165, 1.54) is 25.7 Å². The highest BCUT2D eigenvalue weighted by molar-refractivity contribution is 7.80. The molecule has 0 spiro atoms. The zero-order valence-corrected chi connectivity index (χ0v) is 7.66. The average molecular weight is 170 g/mol. The molecular weight excluding hydrogens is 156 g/mol. The van der Waals surface area contributed by atoms with Gasteiger partial charge in [0.1, 0.15) is 0 Å². The molecule has 3 heteroatoms. The minimum atomic E-state index is 0.654. The van der Waals surface area contributed by atoms with Gasteiger partial charge in [-0.3, -0.25) is 0 Å². The van der Waals surface area contributed by atoms with Crippen LogP contribution in [0.25, 0.3) is 0 Å². The van der Waals surface area contributed by atoms with Crippen LogP contribution in [0.3, 0.4) is 0 Å². The van der Waals surface area contributed by atoms with Crippen LogP contribution in [0.5, 0.6) is 0 Å². The lowest BCUT2D eigenvalue weighted by atomic mass is 9.91. The molecule has 0 radical (unpaired) electrons. The van der Waals surface area contributed by atoms with Crippen molar-refractivity contribution < 1.29 is 0 Å². The second-order valence-corrected chi connectivity index (χ2v) is 3.91. The average Bonchev–Trinajstić information content (AvgIpc) is 2.30. The van der Waals surface area contributed by atoms with Gasteiger partial charge >= 0.3 is 0 Å². The van der Waals surface area contributed by atoms with E-state index in [0.717, 1.165) is 5.11 Å². The van der Waals surface area contributed by atoms with Gasteiger partial charge in [-0.15, -0.1) is 0 Å². The van der Waals surface area contributed by atoms with Crippen LogP contribution in [0.2, 0.25) is 0 Å². The van der Waals surface area contributed by atoms with E-state index >= 15 is 0 Å². The first-order valence-corrected chi connectivity index (χ1v) is 4.73. The van der Waals surface area contributed by atoms with E-state index in [2.05, 4.69) is 17.3 Å². The maximum Gasteiger partial charge on any atom is 0.169 e. The molecule has 2 fully saturated rings. The van der Waals surface area contributed by atoms with Crippen molar-refractivity contribution in [2.45, 2.75) is 37.8 Å². The molecule has 1 aliphatic heterocycles. The Morgan fingerprint density at radius 1 is 1.45 bits per heavy atom. The Labute approximate surface area is 73.0 Å². The molecule has 2 rings (SSSR count). The molecule has 0 aromatic heterocycles. The first-order valence-electron chi connectivity index (χ1n) is 4.32. The van der Waals surface area contributed by atoms with E-state index in [1.54, 1.807) is 0 Å². The molecule has 2 aliphatic rings. The molecule has 2 atom stereocenters. The van der Waals surface area contributed by atoms with Crippen molar-refractivity contribution in [1.82, 2.24) is 10.2 Å². The Balaban J connectivity index is 2.11. The van der Waals surface area contributed by atoms with Gasteiger partial charge in [0.05, 0.1) is 6.04 Å². The van der Waals surface area contributed by atoms with Crippen molar-refractivity contribution in [3.05, 3.63) is 0 Å². The second kappa shape index (κ2) is 2.63. The molecule has 2 unspecified atom stereocenters. The normalized spacial score (nSPS) is 36.8. The summed E-state index contributed by atoms with van der Waals surface area (Å²) in [6, 6.07) is 1.34. The van der Waals surface area contributed by atoms with Crippen LogP contribution in [0.4, 0.5) is 0 Å². The van der Waals surface area contributed by atoms with Crippen LogP contribution >= 0.6 is 12.2 Å². The van der Waals surface area contributed by atoms with Crippen LogP contribution in [0.1, 0.15) is 25.7 Å². The quantitative estimate of drug-likeness (QED) is 0.548. The molecule has 0 aromatic rings. The molecule has 11 heavy (non-hydrogen) atoms. The minimum Gasteiger partial charge on any atom is -0.358 e. The molecule has 0 aromatic carbocycles. The fourth-order valence-electron chi connectivity index (χ4n) is 2.15. The van der Waals surface area contributed by atoms with Crippen LogP contribution in [0.15, 0.2) is 0 Å². The summed E-state index contributed by atoms with van der Waals surface area (Å²) in [6.07, 6.45) is 5.35. The number of hydrogen-bond donors (Lipinski definition) is 1. The van der Waals surface area contributed by atoms with Gasteiger partial charge in [0.15, 0.2) is 5.11 Å². The number of rotatable bonds is 0. The van der Waals surface area contributed by atoms with Crippen LogP contribution in [-0.4, -0.2) is 29.1 Å². The van der Waals surface area contributed by atoms with Gasteiger partial charge in [0.25, 0.3) is 0 Å². The van der Waals surface area contributed by atoms with Gasteiger partial charge in [0, 0.05) is 13.1 Å². The van der Waals surface area contributed by atoms with Gasteiger partial charge in [-0.25, -0.2) is 0 Å². The Morgan fingerprint density at radius 3 is 2.91 bits per heavy atom. The number of likely N-dealkylation sites (N-methyl/N-ethyl adjacent to an activating group) is 1. The maximum atomic E-state index is 5.17. The molecule has 2 nitrogen and oxygen atoms in total. The van der Waals surface area contributed by atoms with Crippen molar-refractivity contribution in [3.8, 4) is 0 Å². The van der Waals surface area contributed by atoms with Gasteiger partial charge in [0.2, 0.25) is 0 Å². The number of nitrogens with one attached hydrogen (secondary N) is 1. The highest BCUT2D eigenvalue weighted by Gasteiger charge is 2.35. The van der Waals surface area contributed by atoms with Gasteiger partial charge in [-0.05, 0) is 25.1 Å². The molecule has 1 heterocycles. The number of thiocarbonyl (C=S) groups is 1. The molecule has 1 aliphatic carbocycles. The smallest absolute Gasteiger partial charge is 0.169 e. The molecule has 1 saturated heterocycles. The Hall–Kier alpha value is -0.310. The molecule has 0 bridgehead atoms. The van der Waals surface area contributed by atoms with Crippen LogP contribution in [-0.2, 0) is 0 Å². The van der Waals surface area contributed by atoms with E-state index < -0.39 is 0 Å². The van der Waals surface area contributed by atoms with Gasteiger partial charge < -0.3 is 10.2 Å². The molecule has 1 saturated carbocycles. The number of nitrogens with zero attached hydrogens (tertiary/aromatic N) is 1. The summed E-state index contributed by atoms with van der Waals surface area (Å²) in [5.41, 5.74) is 0. The van der Waals surface area contributed by atoms with Crippen molar-refractivity contribution in [2.75, 3.05) is 7.05 Å². The summed E-state index contributed by atoms with van der Waals surface area (Å²) in [4.78, 5) is 2.22. The zero-order valence-electron chi connectivity index (χ0n) is 6.84. The van der Waals surface area contributed by atoms with E-state index in [4.69, 9.17) is 12.2 Å². The Morgan fingerprint density at radius 2 is 2.18 bits per heavy atom. The molecular formula is C8H14N2S. The number of fused-ring (bicyclic) bond motifs is 1. The van der Waals surface area contributed by atoms with E-state index in [1.807, 2.05) is 0 Å². The Bertz CT molecular complexity index is 181. The highest BCUT2D eigenvalue weighted by atomic mass is 32.1. The lowest BCUT2D eigenvalue weighted by Gasteiger charge is -2.27. The van der Waals surface area contributed by atoms with Gasteiger partial charge in [-0.1, -0.05) is 12.8 Å². The van der Waals surface area contributed by atoms with Crippen molar-refractivity contribution >= 4 is 17.3 Å². The first-order chi connectivity index (χ1) is 5.29. The van der Waals surface area contributed by atoms with Crippen LogP contribution in [0, 0.1) is 0 Å². The highest BCUT2D eigenvalue weighted by Crippen LogP contribution is 2.26. The third kappa shape index (κ3) is 1.11. The number of hydrogen-bond acceptors (Lipinski definition) is 1. The van der Waals surface area contributed by atoms with E-state index in [0.29, 0.717) is 12.1 Å².